The molecule has 0 bridgehead atoms. The topological polar surface area (TPSA) is 20.3 Å². The molecule has 0 saturated heterocycles. The second kappa shape index (κ2) is 7.80. The Hall–Kier alpha value is -2.87. The summed E-state index contributed by atoms with van der Waals surface area (Å²) in [5.74, 6) is 0.0864. The van der Waals surface area contributed by atoms with Crippen LogP contribution in [0.15, 0.2) is 78.9 Å². The van der Waals surface area contributed by atoms with Gasteiger partial charge in [0.1, 0.15) is 0 Å². The van der Waals surface area contributed by atoms with Gasteiger partial charge in [-0.05, 0) is 36.1 Å². The van der Waals surface area contributed by atoms with Gasteiger partial charge in [0, 0.05) is 13.1 Å². The van der Waals surface area contributed by atoms with Crippen LogP contribution in [0.2, 0.25) is 0 Å². The maximum Gasteiger partial charge on any atom is 0.255 e. The summed E-state index contributed by atoms with van der Waals surface area (Å²) in [6.07, 6.45) is 0. The first-order valence-electron chi connectivity index (χ1n) is 8.79. The maximum atomic E-state index is 13.3. The minimum Gasteiger partial charge on any atom is -0.339 e. The maximum absolute atomic E-state index is 13.3. The van der Waals surface area contributed by atoms with Crippen molar-refractivity contribution in [2.45, 2.75) is 13.8 Å². The molecular weight excluding hydrogens is 306 g/mol. The molecule has 3 rings (SSSR count). The molecule has 0 N–H and O–H groups in total. The molecule has 0 saturated carbocycles. The number of nitrogens with zero attached hydrogens (tertiary/aromatic N) is 1. The van der Waals surface area contributed by atoms with Crippen LogP contribution in [0.3, 0.4) is 0 Å². The van der Waals surface area contributed by atoms with Crippen molar-refractivity contribution >= 4 is 5.91 Å². The van der Waals surface area contributed by atoms with Crippen LogP contribution in [0.25, 0.3) is 22.3 Å². The van der Waals surface area contributed by atoms with Gasteiger partial charge >= 0.3 is 0 Å². The van der Waals surface area contributed by atoms with E-state index in [9.17, 15) is 4.79 Å². The molecule has 2 nitrogen and oxygen atoms in total. The molecule has 3 aromatic carbocycles. The van der Waals surface area contributed by atoms with Crippen molar-refractivity contribution in [1.82, 2.24) is 4.90 Å². The third kappa shape index (κ3) is 3.48. The molecule has 0 aliphatic rings. The monoisotopic (exact) mass is 329 g/mol. The number of carbonyl (C=O) groups is 1. The zero-order valence-electron chi connectivity index (χ0n) is 14.8. The van der Waals surface area contributed by atoms with E-state index in [0.29, 0.717) is 13.1 Å². The van der Waals surface area contributed by atoms with Crippen molar-refractivity contribution in [2.24, 2.45) is 0 Å². The molecule has 0 atom stereocenters. The second-order valence-corrected chi connectivity index (χ2v) is 5.94. The van der Waals surface area contributed by atoms with Crippen LogP contribution in [0, 0.1) is 0 Å². The summed E-state index contributed by atoms with van der Waals surface area (Å²) in [6, 6.07) is 26.4. The molecule has 0 aliphatic carbocycles. The van der Waals surface area contributed by atoms with Crippen LogP contribution in [0.5, 0.6) is 0 Å². The lowest BCUT2D eigenvalue weighted by Crippen LogP contribution is -2.31. The van der Waals surface area contributed by atoms with Gasteiger partial charge in [-0.1, -0.05) is 78.9 Å². The molecule has 0 aromatic heterocycles. The van der Waals surface area contributed by atoms with Gasteiger partial charge in [0.15, 0.2) is 0 Å². The van der Waals surface area contributed by atoms with E-state index in [1.807, 2.05) is 73.3 Å². The van der Waals surface area contributed by atoms with Crippen LogP contribution in [-0.4, -0.2) is 23.9 Å². The Bertz CT molecular complexity index is 779. The molecule has 25 heavy (non-hydrogen) atoms. The Morgan fingerprint density at radius 3 is 1.52 bits per heavy atom. The molecule has 3 aromatic rings. The summed E-state index contributed by atoms with van der Waals surface area (Å²) in [6.45, 7) is 5.45. The van der Waals surface area contributed by atoms with Crippen LogP contribution >= 0.6 is 0 Å². The lowest BCUT2D eigenvalue weighted by Gasteiger charge is -2.23. The summed E-state index contributed by atoms with van der Waals surface area (Å²) in [5.41, 5.74) is 4.88. The highest BCUT2D eigenvalue weighted by molar-refractivity contribution is 6.06. The van der Waals surface area contributed by atoms with Crippen LogP contribution in [0.4, 0.5) is 0 Å². The fourth-order valence-corrected chi connectivity index (χ4v) is 3.17. The minimum absolute atomic E-state index is 0.0864. The number of hydrogen-bond donors (Lipinski definition) is 0. The van der Waals surface area contributed by atoms with E-state index in [-0.39, 0.29) is 5.91 Å². The first kappa shape index (κ1) is 17.0. The van der Waals surface area contributed by atoms with E-state index in [4.69, 9.17) is 0 Å². The molecule has 0 radical (unpaired) electrons. The first-order chi connectivity index (χ1) is 12.3. The highest BCUT2D eigenvalue weighted by Crippen LogP contribution is 2.33. The zero-order valence-corrected chi connectivity index (χ0v) is 14.8. The Labute approximate surface area is 149 Å². The lowest BCUT2D eigenvalue weighted by molar-refractivity contribution is 0.0774. The fraction of sp³-hybridized carbons (Fsp3) is 0.174. The Balaban J connectivity index is 2.25. The van der Waals surface area contributed by atoms with Crippen LogP contribution in [0.1, 0.15) is 24.2 Å². The predicted molar refractivity (Wildman–Crippen MR) is 105 cm³/mol. The smallest absolute Gasteiger partial charge is 0.255 e. The highest BCUT2D eigenvalue weighted by atomic mass is 16.2. The summed E-state index contributed by atoms with van der Waals surface area (Å²) in [5, 5.41) is 0. The average Bonchev–Trinajstić information content (AvgIpc) is 2.69. The van der Waals surface area contributed by atoms with Crippen LogP contribution < -0.4 is 0 Å². The molecule has 0 fully saturated rings. The first-order valence-corrected chi connectivity index (χ1v) is 8.79. The van der Waals surface area contributed by atoms with E-state index < -0.39 is 0 Å². The molecule has 2 heteroatoms. The van der Waals surface area contributed by atoms with Crippen LogP contribution in [-0.2, 0) is 0 Å². The van der Waals surface area contributed by atoms with Crippen molar-refractivity contribution in [2.75, 3.05) is 13.1 Å². The Morgan fingerprint density at radius 2 is 1.12 bits per heavy atom. The normalized spacial score (nSPS) is 10.5. The second-order valence-electron chi connectivity index (χ2n) is 5.94. The van der Waals surface area contributed by atoms with E-state index in [2.05, 4.69) is 24.3 Å². The van der Waals surface area contributed by atoms with Crippen molar-refractivity contribution in [3.05, 3.63) is 84.4 Å². The van der Waals surface area contributed by atoms with Crippen molar-refractivity contribution in [1.29, 1.82) is 0 Å². The largest absolute Gasteiger partial charge is 0.339 e. The number of carbonyl (C=O) groups excluding carboxylic acids is 1. The van der Waals surface area contributed by atoms with Gasteiger partial charge in [0.05, 0.1) is 5.56 Å². The lowest BCUT2D eigenvalue weighted by atomic mass is 9.91. The molecule has 1 amide bonds. The Morgan fingerprint density at radius 1 is 0.680 bits per heavy atom. The summed E-state index contributed by atoms with van der Waals surface area (Å²) in [7, 11) is 0. The fourth-order valence-electron chi connectivity index (χ4n) is 3.17. The summed E-state index contributed by atoms with van der Waals surface area (Å²) in [4.78, 5) is 15.2. The average molecular weight is 329 g/mol. The van der Waals surface area contributed by atoms with Gasteiger partial charge < -0.3 is 4.90 Å². The SMILES string of the molecule is CCN(CC)C(=O)c1c(-c2ccccc2)cccc1-c1ccccc1. The quantitative estimate of drug-likeness (QED) is 0.605. The molecular formula is C23H23NO. The van der Waals surface area contributed by atoms with E-state index in [0.717, 1.165) is 27.8 Å². The van der Waals surface area contributed by atoms with Crippen molar-refractivity contribution < 1.29 is 4.79 Å². The summed E-state index contributed by atoms with van der Waals surface area (Å²) >= 11 is 0. The predicted octanol–water partition coefficient (Wildman–Crippen LogP) is 5.50. The van der Waals surface area contributed by atoms with Crippen molar-refractivity contribution in [3.63, 3.8) is 0 Å². The number of amides is 1. The number of hydrogen-bond acceptors (Lipinski definition) is 1. The van der Waals surface area contributed by atoms with Gasteiger partial charge in [-0.15, -0.1) is 0 Å². The third-order valence-corrected chi connectivity index (χ3v) is 4.50. The third-order valence-electron chi connectivity index (χ3n) is 4.50. The van der Waals surface area contributed by atoms with Crippen molar-refractivity contribution in [3.8, 4) is 22.3 Å². The highest BCUT2D eigenvalue weighted by Gasteiger charge is 2.21. The molecule has 0 aliphatic heterocycles. The van der Waals surface area contributed by atoms with E-state index in [1.54, 1.807) is 0 Å². The summed E-state index contributed by atoms with van der Waals surface area (Å²) < 4.78 is 0. The Kier molecular flexibility index (Phi) is 5.30. The van der Waals surface area contributed by atoms with Gasteiger partial charge in [-0.25, -0.2) is 0 Å². The molecule has 126 valence electrons. The van der Waals surface area contributed by atoms with Gasteiger partial charge in [0.2, 0.25) is 0 Å². The van der Waals surface area contributed by atoms with Gasteiger partial charge in [-0.2, -0.15) is 0 Å². The van der Waals surface area contributed by atoms with E-state index in [1.165, 1.54) is 0 Å². The molecule has 0 unspecified atom stereocenters. The standard InChI is InChI=1S/C23H23NO/c1-3-24(4-2)23(25)22-20(18-12-7-5-8-13-18)16-11-17-21(22)19-14-9-6-10-15-19/h5-17H,3-4H2,1-2H3. The number of rotatable bonds is 5. The van der Waals surface area contributed by atoms with Gasteiger partial charge in [0.25, 0.3) is 5.91 Å². The van der Waals surface area contributed by atoms with Gasteiger partial charge in [-0.3, -0.25) is 4.79 Å². The molecule has 0 heterocycles. The molecule has 0 spiro atoms. The zero-order chi connectivity index (χ0) is 17.6. The number of benzene rings is 3. The van der Waals surface area contributed by atoms with E-state index >= 15 is 0 Å². The minimum atomic E-state index is 0.0864.